The second kappa shape index (κ2) is 5.33. The van der Waals surface area contributed by atoms with Crippen molar-refractivity contribution in [2.24, 2.45) is 0 Å². The SMILES string of the molecule is CCNC(CC1CCCO1)c1ccoc1. The topological polar surface area (TPSA) is 34.4 Å². The molecule has 1 aromatic rings. The van der Waals surface area contributed by atoms with E-state index in [1.54, 1.807) is 6.26 Å². The van der Waals surface area contributed by atoms with Crippen molar-refractivity contribution < 1.29 is 9.15 Å². The van der Waals surface area contributed by atoms with Crippen LogP contribution >= 0.6 is 0 Å². The molecule has 0 aliphatic carbocycles. The number of hydrogen-bond donors (Lipinski definition) is 1. The van der Waals surface area contributed by atoms with Crippen LogP contribution in [0.15, 0.2) is 23.0 Å². The summed E-state index contributed by atoms with van der Waals surface area (Å²) in [5.74, 6) is 0. The van der Waals surface area contributed by atoms with E-state index in [9.17, 15) is 0 Å². The van der Waals surface area contributed by atoms with Gasteiger partial charge in [-0.3, -0.25) is 0 Å². The van der Waals surface area contributed by atoms with Crippen LogP contribution in [0.25, 0.3) is 0 Å². The van der Waals surface area contributed by atoms with Gasteiger partial charge in [-0.05, 0) is 31.9 Å². The molecular formula is C12H19NO2. The maximum atomic E-state index is 5.66. The fourth-order valence-electron chi connectivity index (χ4n) is 2.15. The van der Waals surface area contributed by atoms with E-state index >= 15 is 0 Å². The van der Waals surface area contributed by atoms with Crippen LogP contribution in [0.1, 0.15) is 37.8 Å². The zero-order valence-electron chi connectivity index (χ0n) is 9.24. The summed E-state index contributed by atoms with van der Waals surface area (Å²) in [6, 6.07) is 2.40. The summed E-state index contributed by atoms with van der Waals surface area (Å²) in [6.45, 7) is 4.03. The molecular weight excluding hydrogens is 190 g/mol. The molecule has 2 unspecified atom stereocenters. The minimum absolute atomic E-state index is 0.372. The fraction of sp³-hybridized carbons (Fsp3) is 0.667. The number of furan rings is 1. The van der Waals surface area contributed by atoms with Crippen LogP contribution < -0.4 is 5.32 Å². The molecule has 1 aliphatic rings. The lowest BCUT2D eigenvalue weighted by molar-refractivity contribution is 0.0947. The lowest BCUT2D eigenvalue weighted by Crippen LogP contribution is -2.24. The zero-order valence-corrected chi connectivity index (χ0v) is 9.24. The fourth-order valence-corrected chi connectivity index (χ4v) is 2.15. The largest absolute Gasteiger partial charge is 0.472 e. The van der Waals surface area contributed by atoms with Crippen molar-refractivity contribution in [3.05, 3.63) is 24.2 Å². The molecule has 84 valence electrons. The minimum Gasteiger partial charge on any atom is -0.472 e. The molecule has 1 fully saturated rings. The van der Waals surface area contributed by atoms with Crippen LogP contribution in [0.3, 0.4) is 0 Å². The molecule has 3 heteroatoms. The molecule has 0 amide bonds. The molecule has 2 heterocycles. The van der Waals surface area contributed by atoms with Crippen molar-refractivity contribution in [1.29, 1.82) is 0 Å². The van der Waals surface area contributed by atoms with Gasteiger partial charge in [0.2, 0.25) is 0 Å². The summed E-state index contributed by atoms with van der Waals surface area (Å²) in [4.78, 5) is 0. The van der Waals surface area contributed by atoms with Gasteiger partial charge in [-0.1, -0.05) is 6.92 Å². The molecule has 3 nitrogen and oxygen atoms in total. The summed E-state index contributed by atoms with van der Waals surface area (Å²) in [7, 11) is 0. The summed E-state index contributed by atoms with van der Waals surface area (Å²) < 4.78 is 10.8. The Morgan fingerprint density at radius 1 is 1.60 bits per heavy atom. The van der Waals surface area contributed by atoms with E-state index in [4.69, 9.17) is 9.15 Å². The molecule has 2 atom stereocenters. The smallest absolute Gasteiger partial charge is 0.0950 e. The first-order valence-corrected chi connectivity index (χ1v) is 5.77. The lowest BCUT2D eigenvalue weighted by atomic mass is 10.0. The van der Waals surface area contributed by atoms with Gasteiger partial charge >= 0.3 is 0 Å². The van der Waals surface area contributed by atoms with Gasteiger partial charge in [0, 0.05) is 18.2 Å². The molecule has 0 radical (unpaired) electrons. The van der Waals surface area contributed by atoms with Crippen molar-refractivity contribution in [1.82, 2.24) is 5.32 Å². The number of hydrogen-bond acceptors (Lipinski definition) is 3. The van der Waals surface area contributed by atoms with Crippen LogP contribution in [0.4, 0.5) is 0 Å². The van der Waals surface area contributed by atoms with Crippen molar-refractivity contribution >= 4 is 0 Å². The van der Waals surface area contributed by atoms with Gasteiger partial charge in [0.25, 0.3) is 0 Å². The number of rotatable bonds is 5. The molecule has 0 bridgehead atoms. The normalized spacial score (nSPS) is 23.1. The minimum atomic E-state index is 0.372. The van der Waals surface area contributed by atoms with Crippen LogP contribution in [0, 0.1) is 0 Å². The summed E-state index contributed by atoms with van der Waals surface area (Å²) in [5, 5.41) is 3.47. The second-order valence-corrected chi connectivity index (χ2v) is 4.04. The molecule has 0 spiro atoms. The van der Waals surface area contributed by atoms with Gasteiger partial charge < -0.3 is 14.5 Å². The van der Waals surface area contributed by atoms with E-state index in [-0.39, 0.29) is 0 Å². The first-order chi connectivity index (χ1) is 7.40. The molecule has 1 aliphatic heterocycles. The third-order valence-corrected chi connectivity index (χ3v) is 2.92. The Balaban J connectivity index is 1.93. The van der Waals surface area contributed by atoms with Crippen LogP contribution in [-0.2, 0) is 4.74 Å². The summed E-state index contributed by atoms with van der Waals surface area (Å²) in [5.41, 5.74) is 1.23. The molecule has 1 aromatic heterocycles. The Kier molecular flexibility index (Phi) is 3.80. The summed E-state index contributed by atoms with van der Waals surface area (Å²) >= 11 is 0. The highest BCUT2D eigenvalue weighted by atomic mass is 16.5. The second-order valence-electron chi connectivity index (χ2n) is 4.04. The predicted molar refractivity (Wildman–Crippen MR) is 58.7 cm³/mol. The maximum absolute atomic E-state index is 5.66. The Morgan fingerprint density at radius 3 is 3.13 bits per heavy atom. The van der Waals surface area contributed by atoms with Gasteiger partial charge in [0.05, 0.1) is 18.6 Å². The molecule has 0 aromatic carbocycles. The third-order valence-electron chi connectivity index (χ3n) is 2.92. The Hall–Kier alpha value is -0.800. The highest BCUT2D eigenvalue weighted by molar-refractivity contribution is 5.11. The van der Waals surface area contributed by atoms with E-state index in [1.807, 2.05) is 12.3 Å². The van der Waals surface area contributed by atoms with E-state index in [0.717, 1.165) is 19.6 Å². The zero-order chi connectivity index (χ0) is 10.5. The van der Waals surface area contributed by atoms with E-state index in [2.05, 4.69) is 12.2 Å². The van der Waals surface area contributed by atoms with Gasteiger partial charge in [0.1, 0.15) is 0 Å². The molecule has 1 N–H and O–H groups in total. The van der Waals surface area contributed by atoms with Gasteiger partial charge in [0.15, 0.2) is 0 Å². The Bertz CT molecular complexity index is 265. The van der Waals surface area contributed by atoms with Crippen LogP contribution in [0.2, 0.25) is 0 Å². The first kappa shape index (κ1) is 10.7. The highest BCUT2D eigenvalue weighted by Crippen LogP contribution is 2.25. The van der Waals surface area contributed by atoms with Gasteiger partial charge in [-0.15, -0.1) is 0 Å². The average Bonchev–Trinajstić information content (AvgIpc) is 2.89. The lowest BCUT2D eigenvalue weighted by Gasteiger charge is -2.19. The van der Waals surface area contributed by atoms with Crippen molar-refractivity contribution in [3.63, 3.8) is 0 Å². The summed E-state index contributed by atoms with van der Waals surface area (Å²) in [6.07, 6.45) is 7.42. The van der Waals surface area contributed by atoms with Gasteiger partial charge in [-0.2, -0.15) is 0 Å². The van der Waals surface area contributed by atoms with E-state index in [0.29, 0.717) is 12.1 Å². The van der Waals surface area contributed by atoms with Crippen LogP contribution in [-0.4, -0.2) is 19.3 Å². The van der Waals surface area contributed by atoms with Crippen molar-refractivity contribution in [2.45, 2.75) is 38.3 Å². The third kappa shape index (κ3) is 2.83. The monoisotopic (exact) mass is 209 g/mol. The van der Waals surface area contributed by atoms with E-state index < -0.39 is 0 Å². The van der Waals surface area contributed by atoms with Crippen LogP contribution in [0.5, 0.6) is 0 Å². The number of ether oxygens (including phenoxy) is 1. The number of nitrogens with one attached hydrogen (secondary N) is 1. The Morgan fingerprint density at radius 2 is 2.53 bits per heavy atom. The quantitative estimate of drug-likeness (QED) is 0.809. The van der Waals surface area contributed by atoms with Crippen molar-refractivity contribution in [3.8, 4) is 0 Å². The highest BCUT2D eigenvalue weighted by Gasteiger charge is 2.21. The van der Waals surface area contributed by atoms with Crippen molar-refractivity contribution in [2.75, 3.05) is 13.2 Å². The molecule has 1 saturated heterocycles. The predicted octanol–water partition coefficient (Wildman–Crippen LogP) is 2.50. The Labute approximate surface area is 90.8 Å². The molecule has 2 rings (SSSR count). The maximum Gasteiger partial charge on any atom is 0.0950 e. The average molecular weight is 209 g/mol. The molecule has 15 heavy (non-hydrogen) atoms. The standard InChI is InChI=1S/C12H19NO2/c1-2-13-12(10-5-7-14-9-10)8-11-4-3-6-15-11/h5,7,9,11-13H,2-4,6,8H2,1H3. The first-order valence-electron chi connectivity index (χ1n) is 5.77. The molecule has 0 saturated carbocycles. The van der Waals surface area contributed by atoms with E-state index in [1.165, 1.54) is 18.4 Å². The van der Waals surface area contributed by atoms with Gasteiger partial charge in [-0.25, -0.2) is 0 Å².